The number of hydrogen-bond donors (Lipinski definition) is 3. The Kier molecular flexibility index (Phi) is 2.59. The van der Waals surface area contributed by atoms with E-state index < -0.39 is 24.5 Å². The Bertz CT molecular complexity index is 345. The van der Waals surface area contributed by atoms with Gasteiger partial charge in [0.25, 0.3) is 5.91 Å². The van der Waals surface area contributed by atoms with Crippen LogP contribution < -0.4 is 11.2 Å². The van der Waals surface area contributed by atoms with E-state index in [0.29, 0.717) is 0 Å². The van der Waals surface area contributed by atoms with Gasteiger partial charge in [-0.1, -0.05) is 0 Å². The van der Waals surface area contributed by atoms with E-state index in [1.807, 2.05) is 0 Å². The van der Waals surface area contributed by atoms with Crippen LogP contribution in [-0.2, 0) is 0 Å². The molecule has 1 heterocycles. The number of halogens is 1. The molecular weight excluding hydrogens is 178 g/mol. The van der Waals surface area contributed by atoms with Crippen molar-refractivity contribution < 1.29 is 19.2 Å². The molecule has 1 aromatic heterocycles. The summed E-state index contributed by atoms with van der Waals surface area (Å²) in [5.41, 5.74) is 4.11. The number of rotatable bonds is 2. The zero-order valence-corrected chi connectivity index (χ0v) is 6.44. The average Bonchev–Trinajstić information content (AvgIpc) is 2.03. The summed E-state index contributed by atoms with van der Waals surface area (Å²) in [6.07, 6.45) is 0.966. The summed E-state index contributed by atoms with van der Waals surface area (Å²) in [5, 5.41) is 17.2. The molecule has 1 aromatic rings. The first-order valence-electron chi connectivity index (χ1n) is 3.33. The van der Waals surface area contributed by atoms with Crippen LogP contribution in [0.3, 0.4) is 0 Å². The molecule has 4 N–H and O–H groups in total. The molecule has 5 nitrogen and oxygen atoms in total. The molecule has 13 heavy (non-hydrogen) atoms. The number of aromatic nitrogens is 1. The smallest absolute Gasteiger partial charge is 0.423 e. The quantitative estimate of drug-likeness (QED) is 0.463. The number of pyridine rings is 1. The minimum atomic E-state index is -1.82. The molecule has 0 aliphatic rings. The minimum absolute atomic E-state index is 0.137. The molecule has 0 atom stereocenters. The Morgan fingerprint density at radius 3 is 2.62 bits per heavy atom. The second-order valence-corrected chi connectivity index (χ2v) is 2.34. The van der Waals surface area contributed by atoms with Crippen LogP contribution in [0, 0.1) is 5.82 Å². The van der Waals surface area contributed by atoms with E-state index in [0.717, 1.165) is 12.3 Å². The van der Waals surface area contributed by atoms with Crippen molar-refractivity contribution in [2.45, 2.75) is 0 Å². The molecule has 1 rings (SSSR count). The van der Waals surface area contributed by atoms with E-state index in [9.17, 15) is 9.18 Å². The molecule has 0 saturated heterocycles. The Morgan fingerprint density at radius 1 is 1.62 bits per heavy atom. The molecule has 7 heteroatoms. The number of primary amides is 1. The topological polar surface area (TPSA) is 96.4 Å². The van der Waals surface area contributed by atoms with Crippen LogP contribution in [0.4, 0.5) is 4.39 Å². The summed E-state index contributed by atoms with van der Waals surface area (Å²) in [6, 6.07) is 0.789. The van der Waals surface area contributed by atoms with Crippen LogP contribution in [0.1, 0.15) is 10.5 Å². The molecule has 0 fully saturated rings. The van der Waals surface area contributed by atoms with E-state index in [1.165, 1.54) is 0 Å². The first-order valence-corrected chi connectivity index (χ1v) is 3.33. The van der Waals surface area contributed by atoms with Crippen molar-refractivity contribution in [1.29, 1.82) is 0 Å². The molecular formula is C6H6BFN2O3. The van der Waals surface area contributed by atoms with Gasteiger partial charge in [-0.3, -0.25) is 4.79 Å². The van der Waals surface area contributed by atoms with Gasteiger partial charge in [0.1, 0.15) is 0 Å². The maximum atomic E-state index is 12.9. The van der Waals surface area contributed by atoms with E-state index >= 15 is 0 Å². The monoisotopic (exact) mass is 184 g/mol. The molecule has 0 bridgehead atoms. The van der Waals surface area contributed by atoms with Gasteiger partial charge < -0.3 is 15.8 Å². The summed E-state index contributed by atoms with van der Waals surface area (Å²) in [5.74, 6) is -1.98. The van der Waals surface area contributed by atoms with Crippen LogP contribution in [0.15, 0.2) is 12.3 Å². The van der Waals surface area contributed by atoms with Crippen molar-refractivity contribution in [2.24, 2.45) is 5.73 Å². The van der Waals surface area contributed by atoms with Gasteiger partial charge in [-0.05, 0) is 6.07 Å². The second-order valence-electron chi connectivity index (χ2n) is 2.34. The van der Waals surface area contributed by atoms with Crippen molar-refractivity contribution in [3.63, 3.8) is 0 Å². The highest BCUT2D eigenvalue weighted by atomic mass is 19.1. The standard InChI is InChI=1S/C6H6BFN2O3/c8-4-1-3(7(12)13)2-10-5(4)6(9)11/h1-2,12-13H,(H2,9,11). The third-order valence-corrected chi connectivity index (χ3v) is 1.39. The third-order valence-electron chi connectivity index (χ3n) is 1.39. The predicted octanol–water partition coefficient (Wildman–Crippen LogP) is -2.00. The fourth-order valence-electron chi connectivity index (χ4n) is 0.775. The van der Waals surface area contributed by atoms with E-state index in [4.69, 9.17) is 15.8 Å². The SMILES string of the molecule is NC(=O)c1ncc(B(O)O)cc1F. The first kappa shape index (κ1) is 9.62. The van der Waals surface area contributed by atoms with E-state index in [2.05, 4.69) is 4.98 Å². The van der Waals surface area contributed by atoms with Crippen molar-refractivity contribution in [3.8, 4) is 0 Å². The van der Waals surface area contributed by atoms with Crippen LogP contribution in [0.2, 0.25) is 0 Å². The van der Waals surface area contributed by atoms with Gasteiger partial charge in [0.05, 0.1) is 0 Å². The lowest BCUT2D eigenvalue weighted by Gasteiger charge is -2.00. The molecule has 0 unspecified atom stereocenters. The van der Waals surface area contributed by atoms with Gasteiger partial charge in [0.15, 0.2) is 11.5 Å². The number of amides is 1. The molecule has 0 aliphatic carbocycles. The Labute approximate surface area is 73.2 Å². The molecule has 0 spiro atoms. The highest BCUT2D eigenvalue weighted by Crippen LogP contribution is 1.99. The van der Waals surface area contributed by atoms with Crippen molar-refractivity contribution >= 4 is 18.5 Å². The fourth-order valence-corrected chi connectivity index (χ4v) is 0.775. The van der Waals surface area contributed by atoms with Crippen LogP contribution in [0.25, 0.3) is 0 Å². The largest absolute Gasteiger partial charge is 0.490 e. The molecule has 0 saturated carbocycles. The third kappa shape index (κ3) is 2.01. The van der Waals surface area contributed by atoms with Gasteiger partial charge in [-0.15, -0.1) is 0 Å². The number of nitrogens with two attached hydrogens (primary N) is 1. The lowest BCUT2D eigenvalue weighted by Crippen LogP contribution is -2.31. The van der Waals surface area contributed by atoms with Gasteiger partial charge in [-0.2, -0.15) is 0 Å². The summed E-state index contributed by atoms with van der Waals surface area (Å²) >= 11 is 0. The predicted molar refractivity (Wildman–Crippen MR) is 42.5 cm³/mol. The number of nitrogens with zero attached hydrogens (tertiary/aromatic N) is 1. The Morgan fingerprint density at radius 2 is 2.23 bits per heavy atom. The highest BCUT2D eigenvalue weighted by Gasteiger charge is 2.16. The number of hydrogen-bond acceptors (Lipinski definition) is 4. The van der Waals surface area contributed by atoms with E-state index in [-0.39, 0.29) is 5.46 Å². The van der Waals surface area contributed by atoms with Crippen LogP contribution >= 0.6 is 0 Å². The fraction of sp³-hybridized carbons (Fsp3) is 0. The van der Waals surface area contributed by atoms with E-state index in [1.54, 1.807) is 0 Å². The van der Waals surface area contributed by atoms with Gasteiger partial charge in [0.2, 0.25) is 0 Å². The summed E-state index contributed by atoms with van der Waals surface area (Å²) in [6.45, 7) is 0. The minimum Gasteiger partial charge on any atom is -0.423 e. The number of carbonyl (C=O) groups is 1. The van der Waals surface area contributed by atoms with Crippen LogP contribution in [0.5, 0.6) is 0 Å². The van der Waals surface area contributed by atoms with Crippen molar-refractivity contribution in [1.82, 2.24) is 4.98 Å². The van der Waals surface area contributed by atoms with Gasteiger partial charge >= 0.3 is 7.12 Å². The zero-order chi connectivity index (χ0) is 10.0. The summed E-state index contributed by atoms with van der Waals surface area (Å²) in [4.78, 5) is 13.8. The lowest BCUT2D eigenvalue weighted by molar-refractivity contribution is 0.0991. The maximum Gasteiger partial charge on any atom is 0.490 e. The average molecular weight is 184 g/mol. The number of carbonyl (C=O) groups excluding carboxylic acids is 1. The first-order chi connectivity index (χ1) is 6.02. The molecule has 0 aliphatic heterocycles. The van der Waals surface area contributed by atoms with Gasteiger partial charge in [0, 0.05) is 11.7 Å². The highest BCUT2D eigenvalue weighted by molar-refractivity contribution is 6.58. The molecule has 1 amide bonds. The Hall–Kier alpha value is -1.47. The van der Waals surface area contributed by atoms with Crippen LogP contribution in [-0.4, -0.2) is 28.1 Å². The summed E-state index contributed by atoms with van der Waals surface area (Å²) < 4.78 is 12.9. The van der Waals surface area contributed by atoms with Crippen molar-refractivity contribution in [2.75, 3.05) is 0 Å². The normalized spacial score (nSPS) is 9.77. The molecule has 0 aromatic carbocycles. The molecule has 0 radical (unpaired) electrons. The van der Waals surface area contributed by atoms with Gasteiger partial charge in [-0.25, -0.2) is 9.37 Å². The summed E-state index contributed by atoms with van der Waals surface area (Å²) in [7, 11) is -1.82. The zero-order valence-electron chi connectivity index (χ0n) is 6.44. The second kappa shape index (κ2) is 3.50. The maximum absolute atomic E-state index is 12.9. The lowest BCUT2D eigenvalue weighted by atomic mass is 9.81. The Balaban J connectivity index is 3.13. The molecule has 68 valence electrons. The van der Waals surface area contributed by atoms with Crippen molar-refractivity contribution in [3.05, 3.63) is 23.8 Å².